The zero-order chi connectivity index (χ0) is 10.3. The summed E-state index contributed by atoms with van der Waals surface area (Å²) in [5, 5.41) is 2.40. The molecule has 1 N–H and O–H groups in total. The van der Waals surface area contributed by atoms with Crippen molar-refractivity contribution in [2.75, 3.05) is 13.1 Å². The topological polar surface area (TPSA) is 49.4 Å². The van der Waals surface area contributed by atoms with Crippen molar-refractivity contribution in [3.63, 3.8) is 0 Å². The largest absolute Gasteiger partial charge is 0.300 e. The maximum absolute atomic E-state index is 11.6. The van der Waals surface area contributed by atoms with Crippen LogP contribution >= 0.6 is 0 Å². The Morgan fingerprint density at radius 3 is 2.57 bits per heavy atom. The first-order chi connectivity index (χ1) is 6.53. The first kappa shape index (κ1) is 9.65. The SMILES string of the molecule is CC(C)N1CCC2(CC(=O)NC2=O)C1. The molecule has 2 aliphatic heterocycles. The molecular weight excluding hydrogens is 180 g/mol. The van der Waals surface area contributed by atoms with Gasteiger partial charge in [0.1, 0.15) is 0 Å². The molecule has 0 radical (unpaired) electrons. The van der Waals surface area contributed by atoms with Crippen molar-refractivity contribution in [1.29, 1.82) is 0 Å². The molecule has 0 aromatic carbocycles. The van der Waals surface area contributed by atoms with Crippen molar-refractivity contribution in [3.05, 3.63) is 0 Å². The Balaban J connectivity index is 2.13. The Morgan fingerprint density at radius 1 is 1.43 bits per heavy atom. The number of nitrogens with zero attached hydrogens (tertiary/aromatic N) is 1. The van der Waals surface area contributed by atoms with Gasteiger partial charge in [0.2, 0.25) is 11.8 Å². The third kappa shape index (κ3) is 1.34. The minimum Gasteiger partial charge on any atom is -0.300 e. The lowest BCUT2D eigenvalue weighted by molar-refractivity contribution is -0.128. The highest BCUT2D eigenvalue weighted by Crippen LogP contribution is 2.38. The van der Waals surface area contributed by atoms with Gasteiger partial charge in [0.25, 0.3) is 0 Å². The number of hydrogen-bond donors (Lipinski definition) is 1. The lowest BCUT2D eigenvalue weighted by atomic mass is 9.85. The lowest BCUT2D eigenvalue weighted by Crippen LogP contribution is -2.36. The van der Waals surface area contributed by atoms with Crippen LogP contribution in [0.5, 0.6) is 0 Å². The third-order valence-corrected chi connectivity index (χ3v) is 3.35. The molecule has 0 saturated carbocycles. The van der Waals surface area contributed by atoms with Gasteiger partial charge in [-0.25, -0.2) is 0 Å². The van der Waals surface area contributed by atoms with Gasteiger partial charge in [-0.1, -0.05) is 0 Å². The molecule has 2 rings (SSSR count). The average molecular weight is 196 g/mol. The Hall–Kier alpha value is -0.900. The Bertz CT molecular complexity index is 288. The standard InChI is InChI=1S/C10H16N2O2/c1-7(2)12-4-3-10(6-12)5-8(13)11-9(10)14/h7H,3-6H2,1-2H3,(H,11,13,14). The van der Waals surface area contributed by atoms with Crippen molar-refractivity contribution in [1.82, 2.24) is 10.2 Å². The summed E-state index contributed by atoms with van der Waals surface area (Å²) in [6.45, 7) is 5.90. The molecule has 0 aromatic rings. The van der Waals surface area contributed by atoms with E-state index in [0.717, 1.165) is 19.5 Å². The molecule has 4 heteroatoms. The van der Waals surface area contributed by atoms with Crippen LogP contribution in [0.3, 0.4) is 0 Å². The molecule has 1 atom stereocenters. The first-order valence-corrected chi connectivity index (χ1v) is 5.12. The first-order valence-electron chi connectivity index (χ1n) is 5.12. The van der Waals surface area contributed by atoms with Crippen LogP contribution < -0.4 is 5.32 Å². The van der Waals surface area contributed by atoms with Crippen LogP contribution in [0, 0.1) is 5.41 Å². The number of imide groups is 1. The van der Waals surface area contributed by atoms with Gasteiger partial charge < -0.3 is 0 Å². The molecule has 2 amide bonds. The van der Waals surface area contributed by atoms with Crippen LogP contribution in [0.1, 0.15) is 26.7 Å². The second-order valence-corrected chi connectivity index (χ2v) is 4.65. The van der Waals surface area contributed by atoms with Crippen LogP contribution in [0.2, 0.25) is 0 Å². The number of hydrogen-bond acceptors (Lipinski definition) is 3. The molecule has 2 aliphatic rings. The van der Waals surface area contributed by atoms with Gasteiger partial charge >= 0.3 is 0 Å². The van der Waals surface area contributed by atoms with Crippen LogP contribution in [0.25, 0.3) is 0 Å². The van der Waals surface area contributed by atoms with Crippen molar-refractivity contribution in [2.24, 2.45) is 5.41 Å². The molecule has 1 spiro atoms. The van der Waals surface area contributed by atoms with Crippen LogP contribution in [-0.4, -0.2) is 35.8 Å². The molecule has 4 nitrogen and oxygen atoms in total. The lowest BCUT2D eigenvalue weighted by Gasteiger charge is -2.23. The third-order valence-electron chi connectivity index (χ3n) is 3.35. The number of rotatable bonds is 1. The molecule has 0 bridgehead atoms. The van der Waals surface area contributed by atoms with E-state index < -0.39 is 5.41 Å². The highest BCUT2D eigenvalue weighted by molar-refractivity contribution is 6.06. The number of amides is 2. The Labute approximate surface area is 83.6 Å². The average Bonchev–Trinajstić information content (AvgIpc) is 2.59. The normalized spacial score (nSPS) is 33.4. The summed E-state index contributed by atoms with van der Waals surface area (Å²) in [4.78, 5) is 25.0. The fourth-order valence-corrected chi connectivity index (χ4v) is 2.37. The molecule has 0 aliphatic carbocycles. The summed E-state index contributed by atoms with van der Waals surface area (Å²) in [5.74, 6) is -0.175. The highest BCUT2D eigenvalue weighted by atomic mass is 16.2. The van der Waals surface area contributed by atoms with E-state index in [0.29, 0.717) is 12.5 Å². The summed E-state index contributed by atoms with van der Waals surface area (Å²) in [7, 11) is 0. The van der Waals surface area contributed by atoms with Crippen molar-refractivity contribution in [2.45, 2.75) is 32.7 Å². The summed E-state index contributed by atoms with van der Waals surface area (Å²) < 4.78 is 0. The van der Waals surface area contributed by atoms with Gasteiger partial charge in [0.15, 0.2) is 0 Å². The zero-order valence-corrected chi connectivity index (χ0v) is 8.67. The predicted octanol–water partition coefficient (Wildman–Crippen LogP) is 0.133. The highest BCUT2D eigenvalue weighted by Gasteiger charge is 2.50. The van der Waals surface area contributed by atoms with E-state index in [1.165, 1.54) is 0 Å². The molecule has 2 saturated heterocycles. The van der Waals surface area contributed by atoms with Gasteiger partial charge in [-0.15, -0.1) is 0 Å². The maximum Gasteiger partial charge on any atom is 0.234 e. The quantitative estimate of drug-likeness (QED) is 0.607. The minimum atomic E-state index is -0.401. The van der Waals surface area contributed by atoms with Crippen LogP contribution in [0.15, 0.2) is 0 Å². The van der Waals surface area contributed by atoms with E-state index in [2.05, 4.69) is 24.1 Å². The summed E-state index contributed by atoms with van der Waals surface area (Å²) in [6, 6.07) is 0.456. The van der Waals surface area contributed by atoms with Gasteiger partial charge in [-0.3, -0.25) is 19.8 Å². The van der Waals surface area contributed by atoms with Crippen LogP contribution in [-0.2, 0) is 9.59 Å². The fraction of sp³-hybridized carbons (Fsp3) is 0.800. The minimum absolute atomic E-state index is 0.0642. The summed E-state index contributed by atoms with van der Waals surface area (Å²) in [6.07, 6.45) is 1.21. The van der Waals surface area contributed by atoms with Crippen molar-refractivity contribution < 1.29 is 9.59 Å². The zero-order valence-electron chi connectivity index (χ0n) is 8.67. The molecular formula is C10H16N2O2. The Morgan fingerprint density at radius 2 is 2.14 bits per heavy atom. The fourth-order valence-electron chi connectivity index (χ4n) is 2.37. The Kier molecular flexibility index (Phi) is 2.10. The molecule has 2 heterocycles. The molecule has 2 fully saturated rings. The summed E-state index contributed by atoms with van der Waals surface area (Å²) >= 11 is 0. The smallest absolute Gasteiger partial charge is 0.234 e. The molecule has 0 aromatic heterocycles. The van der Waals surface area contributed by atoms with E-state index in [9.17, 15) is 9.59 Å². The van der Waals surface area contributed by atoms with E-state index in [1.807, 2.05) is 0 Å². The second kappa shape index (κ2) is 3.05. The molecule has 1 unspecified atom stereocenters. The number of likely N-dealkylation sites (tertiary alicyclic amines) is 1. The monoisotopic (exact) mass is 196 g/mol. The number of carbonyl (C=O) groups is 2. The van der Waals surface area contributed by atoms with E-state index in [4.69, 9.17) is 0 Å². The molecule has 78 valence electrons. The number of carbonyl (C=O) groups excluding carboxylic acids is 2. The van der Waals surface area contributed by atoms with E-state index in [1.54, 1.807) is 0 Å². The summed E-state index contributed by atoms with van der Waals surface area (Å²) in [5.41, 5.74) is -0.401. The van der Waals surface area contributed by atoms with Gasteiger partial charge in [-0.2, -0.15) is 0 Å². The van der Waals surface area contributed by atoms with Crippen molar-refractivity contribution in [3.8, 4) is 0 Å². The van der Waals surface area contributed by atoms with Crippen molar-refractivity contribution >= 4 is 11.8 Å². The number of nitrogens with one attached hydrogen (secondary N) is 1. The van der Waals surface area contributed by atoms with Gasteiger partial charge in [0, 0.05) is 19.0 Å². The van der Waals surface area contributed by atoms with Gasteiger partial charge in [0.05, 0.1) is 5.41 Å². The van der Waals surface area contributed by atoms with E-state index in [-0.39, 0.29) is 11.8 Å². The second-order valence-electron chi connectivity index (χ2n) is 4.65. The predicted molar refractivity (Wildman–Crippen MR) is 51.5 cm³/mol. The van der Waals surface area contributed by atoms with E-state index >= 15 is 0 Å². The van der Waals surface area contributed by atoms with Gasteiger partial charge in [-0.05, 0) is 26.8 Å². The molecule has 14 heavy (non-hydrogen) atoms. The van der Waals surface area contributed by atoms with Crippen LogP contribution in [0.4, 0.5) is 0 Å². The maximum atomic E-state index is 11.6.